The number of anilines is 1. The number of rotatable bonds is 9. The fourth-order valence-corrected chi connectivity index (χ4v) is 4.02. The topological polar surface area (TPSA) is 101 Å². The van der Waals surface area contributed by atoms with Gasteiger partial charge >= 0.3 is 0 Å². The molecule has 0 saturated carbocycles. The van der Waals surface area contributed by atoms with E-state index >= 15 is 0 Å². The summed E-state index contributed by atoms with van der Waals surface area (Å²) >= 11 is 1.48. The predicted octanol–water partition coefficient (Wildman–Crippen LogP) is 2.53. The number of aromatic nitrogens is 2. The van der Waals surface area contributed by atoms with Gasteiger partial charge in [0.1, 0.15) is 11.6 Å². The normalized spacial score (nSPS) is 14.2. The van der Waals surface area contributed by atoms with Crippen molar-refractivity contribution >= 4 is 29.4 Å². The van der Waals surface area contributed by atoms with Gasteiger partial charge in [-0.1, -0.05) is 25.6 Å². The molecule has 0 aromatic carbocycles. The number of carbonyl (C=O) groups excluding carboxylic acids is 2. The van der Waals surface area contributed by atoms with Gasteiger partial charge in [-0.2, -0.15) is 0 Å². The summed E-state index contributed by atoms with van der Waals surface area (Å²) in [6, 6.07) is 5.50. The van der Waals surface area contributed by atoms with E-state index in [4.69, 9.17) is 19.1 Å². The molecule has 10 heteroatoms. The van der Waals surface area contributed by atoms with Gasteiger partial charge in [-0.05, 0) is 18.1 Å². The third-order valence-corrected chi connectivity index (χ3v) is 6.04. The summed E-state index contributed by atoms with van der Waals surface area (Å²) in [5.74, 6) is 2.47. The summed E-state index contributed by atoms with van der Waals surface area (Å²) < 4.78 is 10.6. The van der Waals surface area contributed by atoms with E-state index in [1.165, 1.54) is 11.8 Å². The van der Waals surface area contributed by atoms with Crippen LogP contribution in [0.5, 0.6) is 0 Å². The maximum absolute atomic E-state index is 12.1. The molecule has 32 heavy (non-hydrogen) atoms. The molecule has 1 fully saturated rings. The number of amides is 2. The number of nitrogens with one attached hydrogen (secondary N) is 1. The Morgan fingerprint density at radius 1 is 1.22 bits per heavy atom. The zero-order chi connectivity index (χ0) is 23.1. The first-order valence-corrected chi connectivity index (χ1v) is 11.7. The van der Waals surface area contributed by atoms with Gasteiger partial charge < -0.3 is 24.3 Å². The fraction of sp³-hybridized carbons (Fsp3) is 0.545. The molecule has 3 heterocycles. The van der Waals surface area contributed by atoms with E-state index in [0.29, 0.717) is 42.9 Å². The molecule has 1 saturated heterocycles. The van der Waals surface area contributed by atoms with Crippen molar-refractivity contribution in [2.24, 2.45) is 0 Å². The van der Waals surface area contributed by atoms with Crippen molar-refractivity contribution in [3.63, 3.8) is 0 Å². The van der Waals surface area contributed by atoms with Crippen LogP contribution in [-0.2, 0) is 15.3 Å². The number of ether oxygens (including phenoxy) is 1. The summed E-state index contributed by atoms with van der Waals surface area (Å²) in [7, 11) is 1.59. The Kier molecular flexibility index (Phi) is 8.52. The van der Waals surface area contributed by atoms with Crippen LogP contribution in [0.4, 0.5) is 5.82 Å². The maximum Gasteiger partial charge on any atom is 0.287 e. The van der Waals surface area contributed by atoms with E-state index in [1.54, 1.807) is 26.2 Å². The number of hydrogen-bond acceptors (Lipinski definition) is 8. The smallest absolute Gasteiger partial charge is 0.287 e. The SMILES string of the molecule is COCCNC(=O)c1ccc(CSc2nc(C(C)C)cc(N3CCN(C(C)=O)CC3)n2)o1. The molecule has 2 aromatic heterocycles. The van der Waals surface area contributed by atoms with Crippen molar-refractivity contribution in [3.8, 4) is 0 Å². The molecule has 2 aromatic rings. The first-order valence-electron chi connectivity index (χ1n) is 10.8. The van der Waals surface area contributed by atoms with Gasteiger partial charge in [0, 0.05) is 58.5 Å². The van der Waals surface area contributed by atoms with Gasteiger partial charge in [0.25, 0.3) is 5.91 Å². The van der Waals surface area contributed by atoms with E-state index in [0.717, 1.165) is 24.6 Å². The van der Waals surface area contributed by atoms with Crippen LogP contribution >= 0.6 is 11.8 Å². The Morgan fingerprint density at radius 2 is 1.97 bits per heavy atom. The van der Waals surface area contributed by atoms with E-state index in [1.807, 2.05) is 11.0 Å². The zero-order valence-corrected chi connectivity index (χ0v) is 19.9. The van der Waals surface area contributed by atoms with Gasteiger partial charge in [-0.3, -0.25) is 9.59 Å². The minimum atomic E-state index is -0.261. The number of carbonyl (C=O) groups is 2. The van der Waals surface area contributed by atoms with E-state index in [2.05, 4.69) is 24.1 Å². The van der Waals surface area contributed by atoms with Gasteiger partial charge in [-0.25, -0.2) is 9.97 Å². The second kappa shape index (κ2) is 11.3. The molecule has 1 N–H and O–H groups in total. The standard InChI is InChI=1S/C22H31N5O4S/c1-15(2)18-13-20(27-10-8-26(9-11-27)16(3)28)25-22(24-18)32-14-17-5-6-19(31-17)21(29)23-7-12-30-4/h5-6,13,15H,7-12,14H2,1-4H3,(H,23,29). The lowest BCUT2D eigenvalue weighted by Crippen LogP contribution is -2.48. The summed E-state index contributed by atoms with van der Waals surface area (Å²) in [5.41, 5.74) is 0.976. The van der Waals surface area contributed by atoms with Gasteiger partial charge in [0.05, 0.1) is 12.4 Å². The van der Waals surface area contributed by atoms with Crippen molar-refractivity contribution in [3.05, 3.63) is 35.4 Å². The summed E-state index contributed by atoms with van der Waals surface area (Å²) in [6.07, 6.45) is 0. The Bertz CT molecular complexity index is 925. The van der Waals surface area contributed by atoms with Crippen LogP contribution in [0.3, 0.4) is 0 Å². The van der Waals surface area contributed by atoms with Gasteiger partial charge in [0.15, 0.2) is 10.9 Å². The zero-order valence-electron chi connectivity index (χ0n) is 19.1. The molecule has 1 aliphatic rings. The van der Waals surface area contributed by atoms with E-state index in [9.17, 15) is 9.59 Å². The average Bonchev–Trinajstić information content (AvgIpc) is 3.27. The average molecular weight is 462 g/mol. The number of piperazine rings is 1. The first-order chi connectivity index (χ1) is 15.4. The molecule has 1 aliphatic heterocycles. The highest BCUT2D eigenvalue weighted by Gasteiger charge is 2.21. The van der Waals surface area contributed by atoms with Crippen molar-refractivity contribution in [2.45, 2.75) is 37.6 Å². The molecule has 0 radical (unpaired) electrons. The molecule has 0 atom stereocenters. The molecule has 0 bridgehead atoms. The van der Waals surface area contributed by atoms with Crippen molar-refractivity contribution in [1.29, 1.82) is 0 Å². The largest absolute Gasteiger partial charge is 0.455 e. The molecule has 174 valence electrons. The second-order valence-corrected chi connectivity index (χ2v) is 8.83. The lowest BCUT2D eigenvalue weighted by atomic mass is 10.1. The molecule has 0 unspecified atom stereocenters. The Hall–Kier alpha value is -2.59. The van der Waals surface area contributed by atoms with Crippen LogP contribution in [-0.4, -0.2) is 73.1 Å². The molecule has 2 amide bonds. The highest BCUT2D eigenvalue weighted by Crippen LogP contribution is 2.27. The third-order valence-electron chi connectivity index (χ3n) is 5.17. The summed E-state index contributed by atoms with van der Waals surface area (Å²) in [6.45, 7) is 9.58. The molecule has 3 rings (SSSR count). The van der Waals surface area contributed by atoms with Gasteiger partial charge in [-0.15, -0.1) is 0 Å². The van der Waals surface area contributed by atoms with Crippen molar-refractivity contribution in [2.75, 3.05) is 51.3 Å². The van der Waals surface area contributed by atoms with Crippen LogP contribution in [0.1, 0.15) is 48.7 Å². The highest BCUT2D eigenvalue weighted by molar-refractivity contribution is 7.98. The number of furan rings is 1. The van der Waals surface area contributed by atoms with Crippen LogP contribution in [0.15, 0.2) is 27.8 Å². The predicted molar refractivity (Wildman–Crippen MR) is 123 cm³/mol. The molecular formula is C22H31N5O4S. The van der Waals surface area contributed by atoms with Crippen molar-refractivity contribution < 1.29 is 18.7 Å². The quantitative estimate of drug-likeness (QED) is 0.345. The third kappa shape index (κ3) is 6.46. The van der Waals surface area contributed by atoms with Gasteiger partial charge in [0.2, 0.25) is 5.91 Å². The second-order valence-electron chi connectivity index (χ2n) is 7.88. The Balaban J connectivity index is 1.65. The lowest BCUT2D eigenvalue weighted by molar-refractivity contribution is -0.129. The number of hydrogen-bond donors (Lipinski definition) is 1. The number of methoxy groups -OCH3 is 1. The van der Waals surface area contributed by atoms with Crippen LogP contribution < -0.4 is 10.2 Å². The van der Waals surface area contributed by atoms with E-state index < -0.39 is 0 Å². The lowest BCUT2D eigenvalue weighted by Gasteiger charge is -2.35. The fourth-order valence-electron chi connectivity index (χ4n) is 3.27. The summed E-state index contributed by atoms with van der Waals surface area (Å²) in [5, 5.41) is 3.41. The summed E-state index contributed by atoms with van der Waals surface area (Å²) in [4.78, 5) is 37.2. The Labute approximate surface area is 192 Å². The minimum absolute atomic E-state index is 0.108. The van der Waals surface area contributed by atoms with Crippen molar-refractivity contribution in [1.82, 2.24) is 20.2 Å². The Morgan fingerprint density at radius 3 is 2.62 bits per heavy atom. The van der Waals surface area contributed by atoms with Crippen LogP contribution in [0, 0.1) is 0 Å². The van der Waals surface area contributed by atoms with Crippen LogP contribution in [0.2, 0.25) is 0 Å². The molecule has 0 spiro atoms. The van der Waals surface area contributed by atoms with Crippen LogP contribution in [0.25, 0.3) is 0 Å². The molecular weight excluding hydrogens is 430 g/mol. The monoisotopic (exact) mass is 461 g/mol. The minimum Gasteiger partial charge on any atom is -0.455 e. The first kappa shape index (κ1) is 24.1. The molecule has 9 nitrogen and oxygen atoms in total. The highest BCUT2D eigenvalue weighted by atomic mass is 32.2. The number of nitrogens with zero attached hydrogens (tertiary/aromatic N) is 4. The number of thioether (sulfide) groups is 1. The molecule has 0 aliphatic carbocycles. The van der Waals surface area contributed by atoms with E-state index in [-0.39, 0.29) is 23.5 Å². The maximum atomic E-state index is 12.1.